The third-order valence-electron chi connectivity index (χ3n) is 3.15. The average molecular weight is 194 g/mol. The number of hydrogen-bond donors (Lipinski definition) is 2. The number of aromatic hydroxyl groups is 2. The van der Waals surface area contributed by atoms with Crippen LogP contribution < -0.4 is 0 Å². The maximum absolute atomic E-state index is 9.73. The summed E-state index contributed by atoms with van der Waals surface area (Å²) in [4.78, 5) is 0. The Morgan fingerprint density at radius 1 is 1.14 bits per heavy atom. The van der Waals surface area contributed by atoms with Crippen molar-refractivity contribution in [1.29, 1.82) is 0 Å². The van der Waals surface area contributed by atoms with Crippen molar-refractivity contribution < 1.29 is 10.2 Å². The van der Waals surface area contributed by atoms with Crippen molar-refractivity contribution in [3.05, 3.63) is 23.8 Å². The van der Waals surface area contributed by atoms with Crippen LogP contribution in [0.4, 0.5) is 0 Å². The lowest BCUT2D eigenvalue weighted by atomic mass is 9.75. The average Bonchev–Trinajstić information content (AvgIpc) is 2.09. The van der Waals surface area contributed by atoms with Crippen molar-refractivity contribution in [1.82, 2.24) is 0 Å². The Bertz CT molecular complexity index is 327. The van der Waals surface area contributed by atoms with Gasteiger partial charge in [-0.2, -0.15) is 0 Å². The summed E-state index contributed by atoms with van der Waals surface area (Å²) in [5.41, 5.74) is 0.663. The van der Waals surface area contributed by atoms with Crippen molar-refractivity contribution in [3.63, 3.8) is 0 Å². The standard InChI is InChI=1S/C12H18O2/c1-8(2)12(3,4)9-6-5-7-10(13)11(9)14/h5-8,13-14H,1-4H3. The van der Waals surface area contributed by atoms with Crippen molar-refractivity contribution in [2.24, 2.45) is 5.92 Å². The van der Waals surface area contributed by atoms with E-state index in [1.807, 2.05) is 6.07 Å². The minimum Gasteiger partial charge on any atom is -0.504 e. The topological polar surface area (TPSA) is 40.5 Å². The number of benzene rings is 1. The van der Waals surface area contributed by atoms with Gasteiger partial charge in [-0.15, -0.1) is 0 Å². The minimum atomic E-state index is -0.136. The summed E-state index contributed by atoms with van der Waals surface area (Å²) in [5.74, 6) is 0.359. The summed E-state index contributed by atoms with van der Waals surface area (Å²) in [6.07, 6.45) is 0. The first kappa shape index (κ1) is 10.9. The SMILES string of the molecule is CC(C)C(C)(C)c1cccc(O)c1O. The highest BCUT2D eigenvalue weighted by molar-refractivity contribution is 5.47. The number of para-hydroxylation sites is 1. The first-order chi connectivity index (χ1) is 6.37. The predicted octanol–water partition coefficient (Wildman–Crippen LogP) is 3.03. The summed E-state index contributed by atoms with van der Waals surface area (Å²) in [6, 6.07) is 5.11. The van der Waals surface area contributed by atoms with E-state index in [0.29, 0.717) is 5.92 Å². The second kappa shape index (κ2) is 3.52. The summed E-state index contributed by atoms with van der Waals surface area (Å²) in [6.45, 7) is 8.32. The molecule has 2 nitrogen and oxygen atoms in total. The van der Waals surface area contributed by atoms with Crippen molar-refractivity contribution in [2.45, 2.75) is 33.1 Å². The first-order valence-corrected chi connectivity index (χ1v) is 4.88. The van der Waals surface area contributed by atoms with Crippen LogP contribution in [0.1, 0.15) is 33.3 Å². The van der Waals surface area contributed by atoms with Gasteiger partial charge in [-0.1, -0.05) is 39.8 Å². The monoisotopic (exact) mass is 194 g/mol. The number of phenolic OH excluding ortho intramolecular Hbond substituents is 2. The maximum Gasteiger partial charge on any atom is 0.161 e. The van der Waals surface area contributed by atoms with Crippen LogP contribution in [0, 0.1) is 5.92 Å². The van der Waals surface area contributed by atoms with E-state index >= 15 is 0 Å². The molecular formula is C12H18O2. The van der Waals surface area contributed by atoms with Gasteiger partial charge in [-0.25, -0.2) is 0 Å². The van der Waals surface area contributed by atoms with Crippen LogP contribution in [0.3, 0.4) is 0 Å². The molecule has 1 aromatic rings. The van der Waals surface area contributed by atoms with Crippen molar-refractivity contribution in [2.75, 3.05) is 0 Å². The second-order valence-electron chi connectivity index (χ2n) is 4.55. The zero-order valence-electron chi connectivity index (χ0n) is 9.20. The normalized spacial score (nSPS) is 12.1. The van der Waals surface area contributed by atoms with E-state index in [-0.39, 0.29) is 16.9 Å². The lowest BCUT2D eigenvalue weighted by molar-refractivity contribution is 0.339. The van der Waals surface area contributed by atoms with E-state index < -0.39 is 0 Å². The molecule has 0 bridgehead atoms. The largest absolute Gasteiger partial charge is 0.504 e. The Labute approximate surface area is 85.2 Å². The fourth-order valence-corrected chi connectivity index (χ4v) is 1.36. The Kier molecular flexibility index (Phi) is 2.74. The van der Waals surface area contributed by atoms with Crippen molar-refractivity contribution >= 4 is 0 Å². The van der Waals surface area contributed by atoms with Crippen LogP contribution in [0.2, 0.25) is 0 Å². The number of rotatable bonds is 2. The van der Waals surface area contributed by atoms with Gasteiger partial charge in [0.1, 0.15) is 0 Å². The molecule has 0 aliphatic rings. The zero-order chi connectivity index (χ0) is 10.9. The summed E-state index contributed by atoms with van der Waals surface area (Å²) in [7, 11) is 0. The number of phenols is 2. The Balaban J connectivity index is 3.26. The van der Waals surface area contributed by atoms with Crippen molar-refractivity contribution in [3.8, 4) is 11.5 Å². The molecule has 0 aliphatic heterocycles. The van der Waals surface area contributed by atoms with E-state index in [0.717, 1.165) is 5.56 Å². The second-order valence-corrected chi connectivity index (χ2v) is 4.55. The van der Waals surface area contributed by atoms with Crippen LogP contribution in [-0.2, 0) is 5.41 Å². The molecule has 1 rings (SSSR count). The van der Waals surface area contributed by atoms with Gasteiger partial charge in [-0.3, -0.25) is 0 Å². The van der Waals surface area contributed by atoms with E-state index in [4.69, 9.17) is 0 Å². The molecule has 2 N–H and O–H groups in total. The lowest BCUT2D eigenvalue weighted by Crippen LogP contribution is -2.24. The molecule has 0 radical (unpaired) electrons. The highest BCUT2D eigenvalue weighted by Crippen LogP contribution is 2.40. The van der Waals surface area contributed by atoms with Crippen LogP contribution in [0.5, 0.6) is 11.5 Å². The molecule has 0 unspecified atom stereocenters. The Hall–Kier alpha value is -1.18. The molecule has 0 aliphatic carbocycles. The van der Waals surface area contributed by atoms with E-state index in [2.05, 4.69) is 27.7 Å². The Morgan fingerprint density at radius 2 is 1.71 bits per heavy atom. The van der Waals surface area contributed by atoms with Gasteiger partial charge in [0.05, 0.1) is 0 Å². The molecule has 0 saturated carbocycles. The third kappa shape index (κ3) is 1.69. The van der Waals surface area contributed by atoms with Gasteiger partial charge in [0.25, 0.3) is 0 Å². The first-order valence-electron chi connectivity index (χ1n) is 4.88. The van der Waals surface area contributed by atoms with Gasteiger partial charge < -0.3 is 10.2 Å². The van der Waals surface area contributed by atoms with Crippen LogP contribution in [-0.4, -0.2) is 10.2 Å². The van der Waals surface area contributed by atoms with Gasteiger partial charge >= 0.3 is 0 Å². The highest BCUT2D eigenvalue weighted by Gasteiger charge is 2.28. The summed E-state index contributed by atoms with van der Waals surface area (Å²) in [5, 5.41) is 19.1. The molecule has 0 spiro atoms. The molecule has 1 aromatic carbocycles. The molecular weight excluding hydrogens is 176 g/mol. The van der Waals surface area contributed by atoms with Gasteiger partial charge in [0.15, 0.2) is 11.5 Å². The molecule has 0 saturated heterocycles. The van der Waals surface area contributed by atoms with Crippen LogP contribution in [0.15, 0.2) is 18.2 Å². The van der Waals surface area contributed by atoms with E-state index in [9.17, 15) is 10.2 Å². The maximum atomic E-state index is 9.73. The van der Waals surface area contributed by atoms with Crippen LogP contribution in [0.25, 0.3) is 0 Å². The highest BCUT2D eigenvalue weighted by atomic mass is 16.3. The fourth-order valence-electron chi connectivity index (χ4n) is 1.36. The fraction of sp³-hybridized carbons (Fsp3) is 0.500. The van der Waals surface area contributed by atoms with E-state index in [1.165, 1.54) is 6.07 Å². The van der Waals surface area contributed by atoms with E-state index in [1.54, 1.807) is 6.07 Å². The van der Waals surface area contributed by atoms with Gasteiger partial charge in [-0.05, 0) is 17.4 Å². The minimum absolute atomic E-state index is 0.00574. The third-order valence-corrected chi connectivity index (χ3v) is 3.15. The van der Waals surface area contributed by atoms with Gasteiger partial charge in [0.2, 0.25) is 0 Å². The molecule has 0 atom stereocenters. The molecule has 0 amide bonds. The predicted molar refractivity (Wildman–Crippen MR) is 57.6 cm³/mol. The summed E-state index contributed by atoms with van der Waals surface area (Å²) >= 11 is 0. The molecule has 14 heavy (non-hydrogen) atoms. The number of hydrogen-bond acceptors (Lipinski definition) is 2. The molecule has 0 heterocycles. The summed E-state index contributed by atoms with van der Waals surface area (Å²) < 4.78 is 0. The van der Waals surface area contributed by atoms with Crippen LogP contribution >= 0.6 is 0 Å². The quantitative estimate of drug-likeness (QED) is 0.710. The molecule has 78 valence electrons. The molecule has 0 fully saturated rings. The smallest absolute Gasteiger partial charge is 0.161 e. The lowest BCUT2D eigenvalue weighted by Gasteiger charge is -2.30. The molecule has 0 aromatic heterocycles. The zero-order valence-corrected chi connectivity index (χ0v) is 9.20. The Morgan fingerprint density at radius 3 is 2.21 bits per heavy atom. The molecule has 2 heteroatoms. The van der Waals surface area contributed by atoms with Gasteiger partial charge in [0, 0.05) is 5.56 Å².